The Morgan fingerprint density at radius 2 is 2.09 bits per heavy atom. The molecule has 6 heteroatoms. The number of ether oxygens (including phenoxy) is 2. The minimum atomic E-state index is -1.01. The fraction of sp³-hybridized carbons (Fsp3) is 0.529. The van der Waals surface area contributed by atoms with E-state index in [0.29, 0.717) is 5.75 Å². The van der Waals surface area contributed by atoms with Gasteiger partial charge in [0.1, 0.15) is 5.75 Å². The molecule has 2 bridgehead atoms. The number of nitrogens with one attached hydrogen (secondary N) is 1. The summed E-state index contributed by atoms with van der Waals surface area (Å²) in [5, 5.41) is 11.6. The molecular formula is C17H21NO5. The third-order valence-electron chi connectivity index (χ3n) is 4.54. The predicted molar refractivity (Wildman–Crippen MR) is 82.1 cm³/mol. The lowest BCUT2D eigenvalue weighted by Gasteiger charge is -2.21. The zero-order valence-corrected chi connectivity index (χ0v) is 13.0. The number of benzene rings is 1. The molecule has 2 N–H and O–H groups in total. The van der Waals surface area contributed by atoms with Gasteiger partial charge in [-0.3, -0.25) is 4.79 Å². The molecule has 6 nitrogen and oxygen atoms in total. The maximum atomic E-state index is 12.4. The minimum absolute atomic E-state index is 0.0330. The van der Waals surface area contributed by atoms with Crippen molar-refractivity contribution in [1.82, 2.24) is 5.32 Å². The zero-order chi connectivity index (χ0) is 16.4. The second kappa shape index (κ2) is 6.58. The summed E-state index contributed by atoms with van der Waals surface area (Å²) in [7, 11) is 0. The Morgan fingerprint density at radius 1 is 1.35 bits per heavy atom. The number of aliphatic carboxylic acids is 1. The molecule has 2 fully saturated rings. The van der Waals surface area contributed by atoms with Crippen LogP contribution in [0.1, 0.15) is 37.8 Å². The molecule has 4 atom stereocenters. The van der Waals surface area contributed by atoms with Crippen LogP contribution in [0.25, 0.3) is 0 Å². The summed E-state index contributed by atoms with van der Waals surface area (Å²) in [5.41, 5.74) is 0.949. The smallest absolute Gasteiger partial charge is 0.341 e. The van der Waals surface area contributed by atoms with Crippen molar-refractivity contribution in [2.75, 3.05) is 6.61 Å². The molecule has 2 aliphatic heterocycles. The Kier molecular flexibility index (Phi) is 4.52. The highest BCUT2D eigenvalue weighted by atomic mass is 16.5. The molecule has 0 aliphatic carbocycles. The van der Waals surface area contributed by atoms with Gasteiger partial charge in [0.05, 0.1) is 24.2 Å². The van der Waals surface area contributed by atoms with Crippen molar-refractivity contribution in [2.45, 2.75) is 44.4 Å². The van der Waals surface area contributed by atoms with E-state index in [2.05, 4.69) is 5.32 Å². The maximum absolute atomic E-state index is 12.4. The van der Waals surface area contributed by atoms with E-state index in [1.165, 1.54) is 0 Å². The molecule has 2 saturated heterocycles. The zero-order valence-electron chi connectivity index (χ0n) is 13.0. The molecule has 1 aromatic rings. The maximum Gasteiger partial charge on any atom is 0.341 e. The molecule has 1 aromatic carbocycles. The first-order chi connectivity index (χ1) is 11.0. The van der Waals surface area contributed by atoms with E-state index < -0.39 is 5.97 Å². The molecule has 23 heavy (non-hydrogen) atoms. The highest BCUT2D eigenvalue weighted by Crippen LogP contribution is 2.39. The highest BCUT2D eigenvalue weighted by molar-refractivity contribution is 5.80. The van der Waals surface area contributed by atoms with E-state index in [9.17, 15) is 9.59 Å². The van der Waals surface area contributed by atoms with Gasteiger partial charge in [0.25, 0.3) is 0 Å². The second-order valence-corrected chi connectivity index (χ2v) is 6.20. The van der Waals surface area contributed by atoms with Crippen LogP contribution in [0.4, 0.5) is 0 Å². The van der Waals surface area contributed by atoms with Gasteiger partial charge < -0.3 is 19.9 Å². The fourth-order valence-corrected chi connectivity index (χ4v) is 3.32. The van der Waals surface area contributed by atoms with Crippen molar-refractivity contribution in [1.29, 1.82) is 0 Å². The van der Waals surface area contributed by atoms with Gasteiger partial charge in [-0.25, -0.2) is 4.79 Å². The summed E-state index contributed by atoms with van der Waals surface area (Å²) >= 11 is 0. The molecule has 0 radical (unpaired) electrons. The first-order valence-corrected chi connectivity index (χ1v) is 7.93. The summed E-state index contributed by atoms with van der Waals surface area (Å²) in [4.78, 5) is 22.8. The van der Waals surface area contributed by atoms with Crippen molar-refractivity contribution in [3.8, 4) is 5.75 Å². The third-order valence-corrected chi connectivity index (χ3v) is 4.54. The van der Waals surface area contributed by atoms with Crippen molar-refractivity contribution in [3.05, 3.63) is 29.8 Å². The van der Waals surface area contributed by atoms with Crippen LogP contribution in [-0.2, 0) is 14.3 Å². The Morgan fingerprint density at radius 3 is 2.65 bits per heavy atom. The number of carboxylic acid groups (broad SMARTS) is 1. The standard InChI is InChI=1S/C17H21NO5/c1-10(11-2-4-12(5-3-11)22-9-16(19)20)18-17(21)14-8-13-6-7-15(14)23-13/h2-5,10,13-15H,6-9H2,1H3,(H,18,21)(H,19,20)/t10-,13+,14+,15+/m0/s1. The van der Waals surface area contributed by atoms with Crippen molar-refractivity contribution in [3.63, 3.8) is 0 Å². The average Bonchev–Trinajstić information content (AvgIpc) is 3.16. The van der Waals surface area contributed by atoms with Crippen molar-refractivity contribution < 1.29 is 24.2 Å². The van der Waals surface area contributed by atoms with Crippen LogP contribution in [0.15, 0.2) is 24.3 Å². The molecule has 3 rings (SSSR count). The topological polar surface area (TPSA) is 84.9 Å². The molecule has 124 valence electrons. The number of hydrogen-bond donors (Lipinski definition) is 2. The minimum Gasteiger partial charge on any atom is -0.482 e. The van der Waals surface area contributed by atoms with Crippen LogP contribution in [-0.4, -0.2) is 35.8 Å². The van der Waals surface area contributed by atoms with Gasteiger partial charge in [-0.15, -0.1) is 0 Å². The molecule has 0 saturated carbocycles. The molecule has 2 aliphatic rings. The number of rotatable bonds is 6. The second-order valence-electron chi connectivity index (χ2n) is 6.20. The number of carboxylic acids is 1. The van der Waals surface area contributed by atoms with Gasteiger partial charge in [0.15, 0.2) is 6.61 Å². The lowest BCUT2D eigenvalue weighted by molar-refractivity contribution is -0.139. The summed E-state index contributed by atoms with van der Waals surface area (Å²) in [6.45, 7) is 1.56. The monoisotopic (exact) mass is 319 g/mol. The van der Waals surface area contributed by atoms with Gasteiger partial charge in [0.2, 0.25) is 5.91 Å². The SMILES string of the molecule is C[C@H](NC(=O)[C@@H]1C[C@H]2CC[C@H]1O2)c1ccc(OCC(=O)O)cc1. The van der Waals surface area contributed by atoms with Crippen LogP contribution in [0.2, 0.25) is 0 Å². The molecule has 0 unspecified atom stereocenters. The number of fused-ring (bicyclic) bond motifs is 2. The van der Waals surface area contributed by atoms with E-state index in [-0.39, 0.29) is 36.7 Å². The summed E-state index contributed by atoms with van der Waals surface area (Å²) < 4.78 is 10.8. The Balaban J connectivity index is 1.54. The average molecular weight is 319 g/mol. The Labute approximate surface area is 134 Å². The first kappa shape index (κ1) is 15.8. The van der Waals surface area contributed by atoms with Crippen LogP contribution in [0.5, 0.6) is 5.75 Å². The van der Waals surface area contributed by atoms with Gasteiger partial charge in [0, 0.05) is 0 Å². The predicted octanol–water partition coefficient (Wildman–Crippen LogP) is 1.89. The quantitative estimate of drug-likeness (QED) is 0.836. The van der Waals surface area contributed by atoms with E-state index in [1.54, 1.807) is 12.1 Å². The van der Waals surface area contributed by atoms with Crippen LogP contribution in [0.3, 0.4) is 0 Å². The molecule has 2 heterocycles. The van der Waals surface area contributed by atoms with Crippen molar-refractivity contribution in [2.24, 2.45) is 5.92 Å². The van der Waals surface area contributed by atoms with Crippen LogP contribution >= 0.6 is 0 Å². The highest BCUT2D eigenvalue weighted by Gasteiger charge is 2.44. The van der Waals surface area contributed by atoms with E-state index in [4.69, 9.17) is 14.6 Å². The Hall–Kier alpha value is -2.08. The molecule has 0 aromatic heterocycles. The van der Waals surface area contributed by atoms with E-state index >= 15 is 0 Å². The lowest BCUT2D eigenvalue weighted by atomic mass is 9.88. The van der Waals surface area contributed by atoms with Gasteiger partial charge in [-0.1, -0.05) is 12.1 Å². The summed E-state index contributed by atoms with van der Waals surface area (Å²) in [6.07, 6.45) is 3.22. The lowest BCUT2D eigenvalue weighted by Crippen LogP contribution is -2.37. The normalized spacial score (nSPS) is 26.7. The summed E-state index contributed by atoms with van der Waals surface area (Å²) in [5.74, 6) is -0.496. The first-order valence-electron chi connectivity index (χ1n) is 7.93. The fourth-order valence-electron chi connectivity index (χ4n) is 3.32. The molecule has 1 amide bonds. The number of carbonyl (C=O) groups is 2. The van der Waals surface area contributed by atoms with Gasteiger partial charge in [-0.05, 0) is 43.9 Å². The number of amides is 1. The number of carbonyl (C=O) groups excluding carboxylic acids is 1. The number of hydrogen-bond acceptors (Lipinski definition) is 4. The third kappa shape index (κ3) is 3.64. The largest absolute Gasteiger partial charge is 0.482 e. The van der Waals surface area contributed by atoms with Gasteiger partial charge in [-0.2, -0.15) is 0 Å². The van der Waals surface area contributed by atoms with Crippen LogP contribution < -0.4 is 10.1 Å². The van der Waals surface area contributed by atoms with E-state index in [1.807, 2.05) is 19.1 Å². The Bertz CT molecular complexity index is 585. The molecular weight excluding hydrogens is 298 g/mol. The van der Waals surface area contributed by atoms with E-state index in [0.717, 1.165) is 24.8 Å². The molecule has 0 spiro atoms. The van der Waals surface area contributed by atoms with Crippen LogP contribution in [0, 0.1) is 5.92 Å². The van der Waals surface area contributed by atoms with Crippen molar-refractivity contribution >= 4 is 11.9 Å². The van der Waals surface area contributed by atoms with Gasteiger partial charge >= 0.3 is 5.97 Å². The summed E-state index contributed by atoms with van der Waals surface area (Å²) in [6, 6.07) is 6.97.